The predicted octanol–water partition coefficient (Wildman–Crippen LogP) is 6.19. The monoisotopic (exact) mass is 478 g/mol. The second kappa shape index (κ2) is 10.0. The van der Waals surface area contributed by atoms with Gasteiger partial charge in [-0.2, -0.15) is 0 Å². The Kier molecular flexibility index (Phi) is 6.89. The maximum absolute atomic E-state index is 13.4. The molecule has 0 atom stereocenters. The van der Waals surface area contributed by atoms with Crippen molar-refractivity contribution in [2.24, 2.45) is 0 Å². The van der Waals surface area contributed by atoms with Crippen LogP contribution in [0.15, 0.2) is 69.9 Å². The molecule has 0 fully saturated rings. The van der Waals surface area contributed by atoms with Crippen molar-refractivity contribution in [3.05, 3.63) is 92.6 Å². The summed E-state index contributed by atoms with van der Waals surface area (Å²) in [6, 6.07) is 17.3. The summed E-state index contributed by atoms with van der Waals surface area (Å²) in [6.07, 6.45) is 0. The van der Waals surface area contributed by atoms with Crippen LogP contribution in [0.5, 0.6) is 11.5 Å². The highest BCUT2D eigenvalue weighted by atomic mass is 35.5. The molecular formula is C27H23ClO6. The lowest BCUT2D eigenvalue weighted by Crippen LogP contribution is -2.11. The fourth-order valence-electron chi connectivity index (χ4n) is 3.47. The maximum atomic E-state index is 13.4. The number of carbonyl (C=O) groups is 1. The van der Waals surface area contributed by atoms with Crippen LogP contribution in [-0.2, 0) is 11.3 Å². The van der Waals surface area contributed by atoms with E-state index in [-0.39, 0.29) is 23.8 Å². The van der Waals surface area contributed by atoms with Crippen molar-refractivity contribution in [2.45, 2.75) is 20.5 Å². The summed E-state index contributed by atoms with van der Waals surface area (Å²) in [5.74, 6) is 0.676. The first-order valence-electron chi connectivity index (χ1n) is 10.7. The van der Waals surface area contributed by atoms with Gasteiger partial charge in [-0.3, -0.25) is 4.79 Å². The highest BCUT2D eigenvalue weighted by molar-refractivity contribution is 6.32. The van der Waals surface area contributed by atoms with Crippen LogP contribution in [0, 0.1) is 6.92 Å². The molecule has 4 aromatic rings. The van der Waals surface area contributed by atoms with Crippen molar-refractivity contribution in [1.82, 2.24) is 0 Å². The Morgan fingerprint density at radius 1 is 1.03 bits per heavy atom. The van der Waals surface area contributed by atoms with Crippen molar-refractivity contribution < 1.29 is 23.4 Å². The zero-order valence-electron chi connectivity index (χ0n) is 19.0. The van der Waals surface area contributed by atoms with E-state index in [9.17, 15) is 9.59 Å². The van der Waals surface area contributed by atoms with Gasteiger partial charge in [-0.1, -0.05) is 23.7 Å². The van der Waals surface area contributed by atoms with E-state index in [1.54, 1.807) is 74.7 Å². The van der Waals surface area contributed by atoms with Gasteiger partial charge in [-0.25, -0.2) is 4.79 Å². The second-order valence-corrected chi connectivity index (χ2v) is 8.03. The van der Waals surface area contributed by atoms with Gasteiger partial charge in [0.15, 0.2) is 5.76 Å². The first-order valence-corrected chi connectivity index (χ1v) is 11.1. The van der Waals surface area contributed by atoms with Crippen LogP contribution in [-0.4, -0.2) is 19.7 Å². The number of benzene rings is 3. The van der Waals surface area contributed by atoms with Crippen molar-refractivity contribution in [1.29, 1.82) is 0 Å². The number of rotatable bonds is 7. The van der Waals surface area contributed by atoms with Crippen LogP contribution in [0.1, 0.15) is 28.4 Å². The second-order valence-electron chi connectivity index (χ2n) is 7.62. The summed E-state index contributed by atoms with van der Waals surface area (Å²) in [5, 5.41) is 0.804. The first-order chi connectivity index (χ1) is 16.4. The largest absolute Gasteiger partial charge is 0.497 e. The first kappa shape index (κ1) is 23.4. The highest BCUT2D eigenvalue weighted by Gasteiger charge is 2.19. The zero-order valence-corrected chi connectivity index (χ0v) is 19.8. The average Bonchev–Trinajstić information content (AvgIpc) is 2.85. The minimum Gasteiger partial charge on any atom is -0.497 e. The molecule has 1 aromatic heterocycles. The summed E-state index contributed by atoms with van der Waals surface area (Å²) in [4.78, 5) is 25.3. The van der Waals surface area contributed by atoms with Crippen LogP contribution in [0.2, 0.25) is 5.02 Å². The fourth-order valence-corrected chi connectivity index (χ4v) is 3.63. The predicted molar refractivity (Wildman–Crippen MR) is 131 cm³/mol. The van der Waals surface area contributed by atoms with Crippen molar-refractivity contribution in [3.8, 4) is 22.8 Å². The SMILES string of the molecule is CCOC(=O)c1ccc(COc2c(-c3ccc(OC)cc3)oc3cc(C)c(Cl)cc3c2=O)cc1. The fraction of sp³-hybridized carbons (Fsp3) is 0.185. The van der Waals surface area contributed by atoms with Gasteiger partial charge in [0, 0.05) is 10.6 Å². The van der Waals surface area contributed by atoms with Gasteiger partial charge in [-0.15, -0.1) is 0 Å². The van der Waals surface area contributed by atoms with Crippen LogP contribution in [0.4, 0.5) is 0 Å². The summed E-state index contributed by atoms with van der Waals surface area (Å²) >= 11 is 6.26. The van der Waals surface area contributed by atoms with E-state index in [1.807, 2.05) is 6.92 Å². The third-order valence-electron chi connectivity index (χ3n) is 5.33. The summed E-state index contributed by atoms with van der Waals surface area (Å²) < 4.78 is 22.4. The van der Waals surface area contributed by atoms with E-state index in [4.69, 9.17) is 30.2 Å². The maximum Gasteiger partial charge on any atom is 0.338 e. The molecule has 0 saturated heterocycles. The molecule has 174 valence electrons. The molecule has 0 N–H and O–H groups in total. The molecule has 0 unspecified atom stereocenters. The summed E-state index contributed by atoms with van der Waals surface area (Å²) in [6.45, 7) is 4.00. The van der Waals surface area contributed by atoms with E-state index < -0.39 is 0 Å². The lowest BCUT2D eigenvalue weighted by molar-refractivity contribution is 0.0526. The van der Waals surface area contributed by atoms with Gasteiger partial charge in [0.1, 0.15) is 17.9 Å². The summed E-state index contributed by atoms with van der Waals surface area (Å²) in [7, 11) is 1.58. The Morgan fingerprint density at radius 2 is 1.74 bits per heavy atom. The van der Waals surface area contributed by atoms with E-state index in [0.717, 1.165) is 11.1 Å². The number of methoxy groups -OCH3 is 1. The third-order valence-corrected chi connectivity index (χ3v) is 5.74. The van der Waals surface area contributed by atoms with Crippen LogP contribution in [0.3, 0.4) is 0 Å². The van der Waals surface area contributed by atoms with Crippen LogP contribution < -0.4 is 14.9 Å². The molecule has 0 spiro atoms. The van der Waals surface area contributed by atoms with Gasteiger partial charge in [0.25, 0.3) is 0 Å². The Bertz CT molecular complexity index is 1390. The molecule has 1 heterocycles. The van der Waals surface area contributed by atoms with Gasteiger partial charge in [0.05, 0.1) is 24.7 Å². The zero-order chi connectivity index (χ0) is 24.2. The quantitative estimate of drug-likeness (QED) is 0.295. The summed E-state index contributed by atoms with van der Waals surface area (Å²) in [5.41, 5.74) is 2.78. The number of halogens is 1. The van der Waals surface area contributed by atoms with E-state index in [0.29, 0.717) is 45.2 Å². The number of fused-ring (bicyclic) bond motifs is 1. The molecule has 0 bridgehead atoms. The minimum absolute atomic E-state index is 0.0760. The molecule has 34 heavy (non-hydrogen) atoms. The number of hydrogen-bond donors (Lipinski definition) is 0. The molecule has 0 saturated carbocycles. The number of hydrogen-bond acceptors (Lipinski definition) is 6. The molecule has 0 aliphatic heterocycles. The molecule has 0 aliphatic carbocycles. The van der Waals surface area contributed by atoms with Crippen molar-refractivity contribution >= 4 is 28.5 Å². The molecule has 6 nitrogen and oxygen atoms in total. The standard InChI is InChI=1S/C27H23ClO6/c1-4-32-27(30)19-7-5-17(6-8-19)15-33-26-24(29)21-14-22(28)16(2)13-23(21)34-25(26)18-9-11-20(31-3)12-10-18/h5-14H,4,15H2,1-3H3. The molecular weight excluding hydrogens is 456 g/mol. The van der Waals surface area contributed by atoms with E-state index >= 15 is 0 Å². The Hall–Kier alpha value is -3.77. The number of esters is 1. The number of ether oxygens (including phenoxy) is 3. The molecule has 0 radical (unpaired) electrons. The minimum atomic E-state index is -0.390. The number of carbonyl (C=O) groups excluding carboxylic acids is 1. The molecule has 4 rings (SSSR count). The molecule has 7 heteroatoms. The molecule has 0 amide bonds. The van der Waals surface area contributed by atoms with Crippen molar-refractivity contribution in [2.75, 3.05) is 13.7 Å². The average molecular weight is 479 g/mol. The lowest BCUT2D eigenvalue weighted by Gasteiger charge is -2.13. The van der Waals surface area contributed by atoms with Crippen molar-refractivity contribution in [3.63, 3.8) is 0 Å². The van der Waals surface area contributed by atoms with Gasteiger partial charge in [-0.05, 0) is 73.5 Å². The lowest BCUT2D eigenvalue weighted by atomic mass is 10.1. The Labute approximate surface area is 201 Å². The molecule has 3 aromatic carbocycles. The normalized spacial score (nSPS) is 10.8. The number of aryl methyl sites for hydroxylation is 1. The Balaban J connectivity index is 1.73. The Morgan fingerprint density at radius 3 is 2.38 bits per heavy atom. The van der Waals surface area contributed by atoms with E-state index in [2.05, 4.69) is 0 Å². The smallest absolute Gasteiger partial charge is 0.338 e. The molecule has 0 aliphatic rings. The topological polar surface area (TPSA) is 75.0 Å². The van der Waals surface area contributed by atoms with Crippen LogP contribution in [0.25, 0.3) is 22.3 Å². The third kappa shape index (κ3) is 4.77. The van der Waals surface area contributed by atoms with Gasteiger partial charge in [0.2, 0.25) is 11.2 Å². The highest BCUT2D eigenvalue weighted by Crippen LogP contribution is 2.34. The van der Waals surface area contributed by atoms with E-state index in [1.165, 1.54) is 0 Å². The van der Waals surface area contributed by atoms with Gasteiger partial charge < -0.3 is 18.6 Å². The van der Waals surface area contributed by atoms with Crippen LogP contribution >= 0.6 is 11.6 Å². The van der Waals surface area contributed by atoms with Gasteiger partial charge >= 0.3 is 5.97 Å².